The third-order valence-corrected chi connectivity index (χ3v) is 1.57. The van der Waals surface area contributed by atoms with Crippen LogP contribution in [-0.4, -0.2) is 49.2 Å². The van der Waals surface area contributed by atoms with Gasteiger partial charge in [-0.05, 0) is 6.42 Å². The Kier molecular flexibility index (Phi) is 5.88. The summed E-state index contributed by atoms with van der Waals surface area (Å²) in [6, 6.07) is 0. The first-order valence-corrected chi connectivity index (χ1v) is 4.03. The van der Waals surface area contributed by atoms with Gasteiger partial charge in [0.25, 0.3) is 0 Å². The van der Waals surface area contributed by atoms with E-state index in [1.54, 1.807) is 0 Å². The lowest BCUT2D eigenvalue weighted by molar-refractivity contribution is -0.146. The van der Waals surface area contributed by atoms with Gasteiger partial charge in [0.1, 0.15) is 6.54 Å². The van der Waals surface area contributed by atoms with Crippen LogP contribution >= 0.6 is 0 Å². The lowest BCUT2D eigenvalue weighted by atomic mass is 10.3. The first kappa shape index (κ1) is 11.9. The van der Waals surface area contributed by atoms with Gasteiger partial charge in [-0.25, -0.2) is 0 Å². The third kappa shape index (κ3) is 5.19. The van der Waals surface area contributed by atoms with Crippen LogP contribution in [-0.2, 0) is 14.3 Å². The predicted molar refractivity (Wildman–Crippen MR) is 46.0 cm³/mol. The summed E-state index contributed by atoms with van der Waals surface area (Å²) in [6.07, 6.45) is 0.675. The molecule has 0 fully saturated rings. The molecule has 13 heavy (non-hydrogen) atoms. The number of nitrogens with zero attached hydrogens (tertiary/aromatic N) is 1. The number of ether oxygens (including phenoxy) is 1. The Bertz CT molecular complexity index is 181. The Morgan fingerprint density at radius 2 is 2.08 bits per heavy atom. The van der Waals surface area contributed by atoms with Crippen LogP contribution in [0.2, 0.25) is 0 Å². The minimum absolute atomic E-state index is 0.0161. The molecule has 5 heteroatoms. The molecule has 0 saturated heterocycles. The molecule has 1 N–H and O–H groups in total. The van der Waals surface area contributed by atoms with Gasteiger partial charge in [-0.1, -0.05) is 0 Å². The van der Waals surface area contributed by atoms with E-state index in [9.17, 15) is 9.59 Å². The summed E-state index contributed by atoms with van der Waals surface area (Å²) in [4.78, 5) is 23.2. The van der Waals surface area contributed by atoms with Crippen molar-refractivity contribution in [2.24, 2.45) is 0 Å². The third-order valence-electron chi connectivity index (χ3n) is 1.57. The topological polar surface area (TPSA) is 66.8 Å². The summed E-state index contributed by atoms with van der Waals surface area (Å²) in [5.41, 5.74) is 0. The first-order chi connectivity index (χ1) is 6.11. The number of rotatable bonds is 5. The quantitative estimate of drug-likeness (QED) is 0.586. The van der Waals surface area contributed by atoms with Crippen LogP contribution in [0.15, 0.2) is 0 Å². The van der Waals surface area contributed by atoms with Crippen molar-refractivity contribution in [1.29, 1.82) is 0 Å². The van der Waals surface area contributed by atoms with Crippen molar-refractivity contribution < 1.29 is 19.4 Å². The molecule has 0 saturated carbocycles. The lowest BCUT2D eigenvalue weighted by Crippen LogP contribution is -2.32. The molecule has 0 unspecified atom stereocenters. The maximum atomic E-state index is 11.2. The van der Waals surface area contributed by atoms with Gasteiger partial charge in [-0.2, -0.15) is 0 Å². The van der Waals surface area contributed by atoms with Gasteiger partial charge >= 0.3 is 5.97 Å². The van der Waals surface area contributed by atoms with Crippen LogP contribution < -0.4 is 0 Å². The molecule has 0 radical (unpaired) electrons. The highest BCUT2D eigenvalue weighted by molar-refractivity contribution is 5.81. The summed E-state index contributed by atoms with van der Waals surface area (Å²) in [5.74, 6) is -0.612. The second-order valence-corrected chi connectivity index (χ2v) is 2.65. The van der Waals surface area contributed by atoms with E-state index in [1.807, 2.05) is 0 Å². The number of methoxy groups -OCH3 is 1. The van der Waals surface area contributed by atoms with Crippen LogP contribution in [0.3, 0.4) is 0 Å². The van der Waals surface area contributed by atoms with Crippen molar-refractivity contribution >= 4 is 11.9 Å². The van der Waals surface area contributed by atoms with Crippen molar-refractivity contribution in [1.82, 2.24) is 4.90 Å². The van der Waals surface area contributed by atoms with Gasteiger partial charge < -0.3 is 14.7 Å². The summed E-state index contributed by atoms with van der Waals surface area (Å²) >= 11 is 0. The Morgan fingerprint density at radius 3 is 2.54 bits per heavy atom. The lowest BCUT2D eigenvalue weighted by Gasteiger charge is -2.14. The van der Waals surface area contributed by atoms with E-state index >= 15 is 0 Å². The number of likely N-dealkylation sites (N-methyl/N-ethyl adjacent to an activating group) is 1. The zero-order chi connectivity index (χ0) is 10.3. The average Bonchev–Trinajstić information content (AvgIpc) is 2.13. The molecule has 0 aliphatic heterocycles. The standard InChI is InChI=1S/C8H15NO4/c1-9(6-8(12)13-2)7(11)4-3-5-10/h10H,3-6H2,1-2H3. The number of aliphatic hydroxyl groups is 1. The number of carbonyl (C=O) groups is 2. The molecule has 0 aromatic rings. The minimum Gasteiger partial charge on any atom is -0.468 e. The highest BCUT2D eigenvalue weighted by Crippen LogP contribution is 1.94. The summed E-state index contributed by atoms with van der Waals surface area (Å²) in [6.45, 7) is -0.0570. The predicted octanol–water partition coefficient (Wildman–Crippen LogP) is -0.610. The summed E-state index contributed by atoms with van der Waals surface area (Å²) in [5, 5.41) is 8.46. The largest absolute Gasteiger partial charge is 0.468 e. The second kappa shape index (κ2) is 6.42. The molecule has 0 spiro atoms. The summed E-state index contributed by atoms with van der Waals surface area (Å²) in [7, 11) is 2.80. The number of hydrogen-bond acceptors (Lipinski definition) is 4. The minimum atomic E-state index is -0.445. The Morgan fingerprint density at radius 1 is 1.46 bits per heavy atom. The molecule has 0 aromatic carbocycles. The fourth-order valence-corrected chi connectivity index (χ4v) is 0.768. The molecule has 0 atom stereocenters. The summed E-state index contributed by atoms with van der Waals surface area (Å²) < 4.78 is 4.39. The van der Waals surface area contributed by atoms with E-state index in [0.717, 1.165) is 0 Å². The normalized spacial score (nSPS) is 9.46. The first-order valence-electron chi connectivity index (χ1n) is 4.03. The Labute approximate surface area is 77.3 Å². The van der Waals surface area contributed by atoms with Crippen molar-refractivity contribution in [2.45, 2.75) is 12.8 Å². The van der Waals surface area contributed by atoms with Crippen LogP contribution in [0.4, 0.5) is 0 Å². The molecule has 0 aromatic heterocycles. The van der Waals surface area contributed by atoms with Gasteiger partial charge in [0.2, 0.25) is 5.91 Å². The van der Waals surface area contributed by atoms with E-state index in [0.29, 0.717) is 6.42 Å². The SMILES string of the molecule is COC(=O)CN(C)C(=O)CCCO. The zero-order valence-corrected chi connectivity index (χ0v) is 7.95. The highest BCUT2D eigenvalue weighted by Gasteiger charge is 2.11. The fourth-order valence-electron chi connectivity index (χ4n) is 0.768. The van der Waals surface area contributed by atoms with Gasteiger partial charge in [0, 0.05) is 20.1 Å². The van der Waals surface area contributed by atoms with Gasteiger partial charge in [-0.3, -0.25) is 9.59 Å². The molecular weight excluding hydrogens is 174 g/mol. The average molecular weight is 189 g/mol. The maximum Gasteiger partial charge on any atom is 0.325 e. The van der Waals surface area contributed by atoms with Gasteiger partial charge in [-0.15, -0.1) is 0 Å². The van der Waals surface area contributed by atoms with Crippen molar-refractivity contribution in [3.8, 4) is 0 Å². The van der Waals surface area contributed by atoms with Crippen molar-refractivity contribution in [3.63, 3.8) is 0 Å². The molecule has 0 aliphatic carbocycles. The Balaban J connectivity index is 3.75. The van der Waals surface area contributed by atoms with Crippen LogP contribution in [0, 0.1) is 0 Å². The number of carbonyl (C=O) groups excluding carboxylic acids is 2. The smallest absolute Gasteiger partial charge is 0.325 e. The van der Waals surface area contributed by atoms with E-state index in [1.165, 1.54) is 19.1 Å². The van der Waals surface area contributed by atoms with Crippen LogP contribution in [0.1, 0.15) is 12.8 Å². The molecular formula is C8H15NO4. The van der Waals surface area contributed by atoms with Crippen molar-refractivity contribution in [2.75, 3.05) is 27.3 Å². The molecule has 1 amide bonds. The van der Waals surface area contributed by atoms with Crippen LogP contribution in [0.25, 0.3) is 0 Å². The number of esters is 1. The second-order valence-electron chi connectivity index (χ2n) is 2.65. The molecule has 0 aliphatic rings. The fraction of sp³-hybridized carbons (Fsp3) is 0.750. The zero-order valence-electron chi connectivity index (χ0n) is 7.95. The molecule has 0 heterocycles. The van der Waals surface area contributed by atoms with E-state index < -0.39 is 5.97 Å². The van der Waals surface area contributed by atoms with E-state index in [4.69, 9.17) is 5.11 Å². The number of hydrogen-bond donors (Lipinski definition) is 1. The van der Waals surface area contributed by atoms with Gasteiger partial charge in [0.15, 0.2) is 0 Å². The monoisotopic (exact) mass is 189 g/mol. The van der Waals surface area contributed by atoms with Crippen molar-refractivity contribution in [3.05, 3.63) is 0 Å². The van der Waals surface area contributed by atoms with E-state index in [-0.39, 0.29) is 25.5 Å². The maximum absolute atomic E-state index is 11.2. The highest BCUT2D eigenvalue weighted by atomic mass is 16.5. The molecule has 0 rings (SSSR count). The van der Waals surface area contributed by atoms with Crippen LogP contribution in [0.5, 0.6) is 0 Å². The molecule has 5 nitrogen and oxygen atoms in total. The number of amides is 1. The molecule has 0 bridgehead atoms. The molecule has 76 valence electrons. The van der Waals surface area contributed by atoms with Gasteiger partial charge in [0.05, 0.1) is 7.11 Å². The Hall–Kier alpha value is -1.10. The number of aliphatic hydroxyl groups excluding tert-OH is 1. The van der Waals surface area contributed by atoms with E-state index in [2.05, 4.69) is 4.74 Å².